The van der Waals surface area contributed by atoms with E-state index in [4.69, 9.17) is 16.2 Å². The Balaban J connectivity index is 3.08. The number of phenols is 1. The van der Waals surface area contributed by atoms with Crippen LogP contribution in [-0.4, -0.2) is 10.9 Å². The van der Waals surface area contributed by atoms with Gasteiger partial charge in [0, 0.05) is 18.1 Å². The highest BCUT2D eigenvalue weighted by atomic mass is 19.2. The molecule has 0 saturated carbocycles. The van der Waals surface area contributed by atoms with Crippen LogP contribution < -0.4 is 5.73 Å². The van der Waals surface area contributed by atoms with Crippen LogP contribution in [-0.2, 0) is 6.42 Å². The van der Waals surface area contributed by atoms with Crippen LogP contribution in [0.2, 0.25) is 0 Å². The summed E-state index contributed by atoms with van der Waals surface area (Å²) in [5.74, 6) is -2.80. The van der Waals surface area contributed by atoms with E-state index in [1.54, 1.807) is 0 Å². The molecule has 0 amide bonds. The molecule has 0 radical (unpaired) electrons. The van der Waals surface area contributed by atoms with Crippen LogP contribution in [0.3, 0.4) is 0 Å². The van der Waals surface area contributed by atoms with Crippen molar-refractivity contribution in [1.29, 1.82) is 5.41 Å². The van der Waals surface area contributed by atoms with Crippen LogP contribution in [0.25, 0.3) is 0 Å². The van der Waals surface area contributed by atoms with Gasteiger partial charge in [-0.05, 0) is 6.07 Å². The molecule has 13 heavy (non-hydrogen) atoms. The Morgan fingerprint density at radius 3 is 2.46 bits per heavy atom. The van der Waals surface area contributed by atoms with E-state index in [1.807, 2.05) is 0 Å². The second kappa shape index (κ2) is 3.38. The summed E-state index contributed by atoms with van der Waals surface area (Å²) in [4.78, 5) is 0. The summed E-state index contributed by atoms with van der Waals surface area (Å²) in [5.41, 5.74) is 5.14. The van der Waals surface area contributed by atoms with Gasteiger partial charge in [-0.2, -0.15) is 0 Å². The minimum atomic E-state index is -1.12. The molecule has 0 aliphatic carbocycles. The molecule has 0 spiro atoms. The van der Waals surface area contributed by atoms with Crippen LogP contribution in [0, 0.1) is 17.0 Å². The lowest BCUT2D eigenvalue weighted by Crippen LogP contribution is -2.13. The van der Waals surface area contributed by atoms with Crippen LogP contribution in [0.5, 0.6) is 5.75 Å². The lowest BCUT2D eigenvalue weighted by molar-refractivity contribution is 0.449. The van der Waals surface area contributed by atoms with E-state index in [9.17, 15) is 8.78 Å². The summed E-state index contributed by atoms with van der Waals surface area (Å²) >= 11 is 0. The van der Waals surface area contributed by atoms with E-state index in [-0.39, 0.29) is 17.8 Å². The lowest BCUT2D eigenvalue weighted by Gasteiger charge is -2.03. The number of hydrogen-bond acceptors (Lipinski definition) is 2. The molecule has 0 bridgehead atoms. The zero-order valence-electron chi connectivity index (χ0n) is 6.64. The Kier molecular flexibility index (Phi) is 2.46. The molecule has 1 aromatic rings. The largest absolute Gasteiger partial charge is 0.508 e. The molecule has 1 aromatic carbocycles. The molecule has 0 aliphatic rings. The van der Waals surface area contributed by atoms with Gasteiger partial charge in [0.2, 0.25) is 0 Å². The maximum Gasteiger partial charge on any atom is 0.162 e. The van der Waals surface area contributed by atoms with Crippen LogP contribution in [0.15, 0.2) is 12.1 Å². The third kappa shape index (κ3) is 2.14. The topological polar surface area (TPSA) is 70.1 Å². The molecular formula is C8H8F2N2O. The minimum absolute atomic E-state index is 0.0942. The van der Waals surface area contributed by atoms with Gasteiger partial charge < -0.3 is 10.8 Å². The Bertz CT molecular complexity index is 352. The number of aromatic hydroxyl groups is 1. The van der Waals surface area contributed by atoms with Crippen molar-refractivity contribution >= 4 is 5.84 Å². The number of hydrogen-bond donors (Lipinski definition) is 3. The zero-order chi connectivity index (χ0) is 10.0. The summed E-state index contributed by atoms with van der Waals surface area (Å²) in [6, 6.07) is 1.49. The van der Waals surface area contributed by atoms with Crippen molar-refractivity contribution < 1.29 is 13.9 Å². The molecule has 0 saturated heterocycles. The SMILES string of the molecule is N=C(N)Cc1cc(F)c(F)cc1O. The fourth-order valence-electron chi connectivity index (χ4n) is 0.924. The highest BCUT2D eigenvalue weighted by Gasteiger charge is 2.09. The van der Waals surface area contributed by atoms with Crippen molar-refractivity contribution in [3.63, 3.8) is 0 Å². The maximum absolute atomic E-state index is 12.6. The molecule has 70 valence electrons. The van der Waals surface area contributed by atoms with E-state index in [2.05, 4.69) is 0 Å². The number of phenolic OH excluding ortho intramolecular Hbond substituents is 1. The van der Waals surface area contributed by atoms with E-state index in [1.165, 1.54) is 0 Å². The fourth-order valence-corrected chi connectivity index (χ4v) is 0.924. The third-order valence-corrected chi connectivity index (χ3v) is 1.50. The first-order chi connectivity index (χ1) is 6.00. The minimum Gasteiger partial charge on any atom is -0.508 e. The number of nitrogens with one attached hydrogen (secondary N) is 1. The zero-order valence-corrected chi connectivity index (χ0v) is 6.64. The molecule has 0 aromatic heterocycles. The first kappa shape index (κ1) is 9.44. The van der Waals surface area contributed by atoms with Crippen molar-refractivity contribution in [2.75, 3.05) is 0 Å². The lowest BCUT2D eigenvalue weighted by atomic mass is 10.1. The van der Waals surface area contributed by atoms with Gasteiger partial charge in [0.25, 0.3) is 0 Å². The molecule has 5 heteroatoms. The molecule has 4 N–H and O–H groups in total. The van der Waals surface area contributed by atoms with Gasteiger partial charge in [0.15, 0.2) is 11.6 Å². The first-order valence-corrected chi connectivity index (χ1v) is 3.50. The first-order valence-electron chi connectivity index (χ1n) is 3.50. The molecule has 0 aliphatic heterocycles. The molecular weight excluding hydrogens is 178 g/mol. The molecule has 0 fully saturated rings. The number of benzene rings is 1. The smallest absolute Gasteiger partial charge is 0.162 e. The fraction of sp³-hybridized carbons (Fsp3) is 0.125. The van der Waals surface area contributed by atoms with Crippen molar-refractivity contribution in [1.82, 2.24) is 0 Å². The number of amidine groups is 1. The summed E-state index contributed by atoms with van der Waals surface area (Å²) < 4.78 is 25.1. The Morgan fingerprint density at radius 2 is 1.92 bits per heavy atom. The average molecular weight is 186 g/mol. The van der Waals surface area contributed by atoms with E-state index >= 15 is 0 Å². The monoisotopic (exact) mass is 186 g/mol. The van der Waals surface area contributed by atoms with Crippen molar-refractivity contribution in [3.8, 4) is 5.75 Å². The predicted molar refractivity (Wildman–Crippen MR) is 43.6 cm³/mol. The van der Waals surface area contributed by atoms with Gasteiger partial charge >= 0.3 is 0 Å². The molecule has 3 nitrogen and oxygen atoms in total. The average Bonchev–Trinajstić information content (AvgIpc) is 1.99. The quantitative estimate of drug-likeness (QED) is 0.479. The Labute approximate surface area is 73.3 Å². The highest BCUT2D eigenvalue weighted by molar-refractivity contribution is 5.80. The molecule has 0 atom stereocenters. The number of nitrogens with two attached hydrogens (primary N) is 1. The highest BCUT2D eigenvalue weighted by Crippen LogP contribution is 2.20. The van der Waals surface area contributed by atoms with Gasteiger partial charge in [0.1, 0.15) is 5.75 Å². The van der Waals surface area contributed by atoms with Crippen molar-refractivity contribution in [2.45, 2.75) is 6.42 Å². The second-order valence-corrected chi connectivity index (χ2v) is 2.60. The van der Waals surface area contributed by atoms with E-state index < -0.39 is 17.4 Å². The van der Waals surface area contributed by atoms with Crippen LogP contribution in [0.4, 0.5) is 8.78 Å². The van der Waals surface area contributed by atoms with E-state index in [0.29, 0.717) is 6.07 Å². The molecule has 1 rings (SSSR count). The summed E-state index contributed by atoms with van der Waals surface area (Å²) in [6.07, 6.45) is -0.0942. The number of halogens is 2. The van der Waals surface area contributed by atoms with Crippen LogP contribution >= 0.6 is 0 Å². The van der Waals surface area contributed by atoms with Gasteiger partial charge in [-0.15, -0.1) is 0 Å². The third-order valence-electron chi connectivity index (χ3n) is 1.50. The molecule has 0 heterocycles. The molecule has 0 unspecified atom stereocenters. The number of rotatable bonds is 2. The summed E-state index contributed by atoms with van der Waals surface area (Å²) in [6.45, 7) is 0. The van der Waals surface area contributed by atoms with E-state index in [0.717, 1.165) is 6.07 Å². The summed E-state index contributed by atoms with van der Waals surface area (Å²) in [5, 5.41) is 16.0. The standard InChI is InChI=1S/C8H8F2N2O/c9-5-1-4(2-8(11)12)7(13)3-6(5)10/h1,3,13H,2H2,(H3,11,12). The van der Waals surface area contributed by atoms with Gasteiger partial charge in [-0.3, -0.25) is 5.41 Å². The summed E-state index contributed by atoms with van der Waals surface area (Å²) in [7, 11) is 0. The Morgan fingerprint density at radius 1 is 1.38 bits per heavy atom. The normalized spacial score (nSPS) is 10.0. The van der Waals surface area contributed by atoms with Crippen molar-refractivity contribution in [2.24, 2.45) is 5.73 Å². The van der Waals surface area contributed by atoms with Gasteiger partial charge in [-0.25, -0.2) is 8.78 Å². The van der Waals surface area contributed by atoms with Gasteiger partial charge in [0.05, 0.1) is 5.84 Å². The second-order valence-electron chi connectivity index (χ2n) is 2.60. The maximum atomic E-state index is 12.6. The Hall–Kier alpha value is -1.65. The van der Waals surface area contributed by atoms with Gasteiger partial charge in [-0.1, -0.05) is 0 Å². The van der Waals surface area contributed by atoms with Crippen LogP contribution in [0.1, 0.15) is 5.56 Å². The van der Waals surface area contributed by atoms with Crippen molar-refractivity contribution in [3.05, 3.63) is 29.3 Å². The predicted octanol–water partition coefficient (Wildman–Crippen LogP) is 1.15.